The maximum atomic E-state index is 14.3. The zero-order valence-electron chi connectivity index (χ0n) is 16.2. The Hall–Kier alpha value is -1.99. The second-order valence-electron chi connectivity index (χ2n) is 7.34. The molecule has 0 radical (unpaired) electrons. The summed E-state index contributed by atoms with van der Waals surface area (Å²) in [5.74, 6) is -2.37. The van der Waals surface area contributed by atoms with Crippen LogP contribution in [0.25, 0.3) is 0 Å². The summed E-state index contributed by atoms with van der Waals surface area (Å²) in [5.41, 5.74) is 4.34. The van der Waals surface area contributed by atoms with Crippen LogP contribution in [0.1, 0.15) is 23.7 Å². The van der Waals surface area contributed by atoms with Gasteiger partial charge in [-0.25, -0.2) is 17.2 Å². The SMILES string of the molecule is CC1(Oc2cc(F)cc(Nc3ccc(I)cc3F)c2C(N)=O)CCN(S(C)(=O)=O)C1. The summed E-state index contributed by atoms with van der Waals surface area (Å²) in [5, 5.41) is 2.70. The average Bonchev–Trinajstić information content (AvgIpc) is 2.99. The number of ether oxygens (including phenoxy) is 1. The van der Waals surface area contributed by atoms with Crippen molar-refractivity contribution >= 4 is 49.9 Å². The molecule has 1 amide bonds. The molecule has 1 heterocycles. The fourth-order valence-corrected chi connectivity index (χ4v) is 4.66. The third kappa shape index (κ3) is 5.01. The van der Waals surface area contributed by atoms with Crippen molar-refractivity contribution < 1.29 is 26.7 Å². The number of rotatable bonds is 6. The number of amides is 1. The van der Waals surface area contributed by atoms with Gasteiger partial charge in [0.25, 0.3) is 5.91 Å². The first-order valence-electron chi connectivity index (χ1n) is 8.87. The first-order valence-corrected chi connectivity index (χ1v) is 11.8. The lowest BCUT2D eigenvalue weighted by Gasteiger charge is -2.27. The van der Waals surface area contributed by atoms with Crippen LogP contribution < -0.4 is 15.8 Å². The van der Waals surface area contributed by atoms with Crippen molar-refractivity contribution in [2.24, 2.45) is 5.73 Å². The van der Waals surface area contributed by atoms with Gasteiger partial charge < -0.3 is 15.8 Å². The number of primary amides is 1. The Bertz CT molecular complexity index is 1110. The van der Waals surface area contributed by atoms with Crippen molar-refractivity contribution in [2.45, 2.75) is 18.9 Å². The molecule has 1 fully saturated rings. The predicted molar refractivity (Wildman–Crippen MR) is 117 cm³/mol. The minimum absolute atomic E-state index is 0.0322. The molecule has 162 valence electrons. The summed E-state index contributed by atoms with van der Waals surface area (Å²) < 4.78 is 60.0. The first-order chi connectivity index (χ1) is 13.9. The van der Waals surface area contributed by atoms with Crippen LogP contribution >= 0.6 is 22.6 Å². The average molecular weight is 551 g/mol. The van der Waals surface area contributed by atoms with Gasteiger partial charge in [-0.3, -0.25) is 4.79 Å². The fourth-order valence-electron chi connectivity index (χ4n) is 3.28. The highest BCUT2D eigenvalue weighted by Crippen LogP contribution is 2.36. The number of hydrogen-bond acceptors (Lipinski definition) is 5. The van der Waals surface area contributed by atoms with E-state index in [1.165, 1.54) is 16.4 Å². The highest BCUT2D eigenvalue weighted by molar-refractivity contribution is 14.1. The van der Waals surface area contributed by atoms with Gasteiger partial charge in [0.1, 0.15) is 28.5 Å². The number of carbonyl (C=O) groups excluding carboxylic acids is 1. The molecular formula is C19H20F2IN3O4S. The molecule has 3 rings (SSSR count). The highest BCUT2D eigenvalue weighted by Gasteiger charge is 2.40. The molecule has 2 aromatic carbocycles. The van der Waals surface area contributed by atoms with Gasteiger partial charge in [0.15, 0.2) is 0 Å². The first kappa shape index (κ1) is 22.7. The summed E-state index contributed by atoms with van der Waals surface area (Å²) in [4.78, 5) is 12.2. The number of carbonyl (C=O) groups is 1. The van der Waals surface area contributed by atoms with E-state index < -0.39 is 33.2 Å². The largest absolute Gasteiger partial charge is 0.485 e. The zero-order valence-corrected chi connectivity index (χ0v) is 19.2. The summed E-state index contributed by atoms with van der Waals surface area (Å²) in [7, 11) is -3.42. The van der Waals surface area contributed by atoms with E-state index >= 15 is 0 Å². The molecule has 0 spiro atoms. The number of nitrogens with one attached hydrogen (secondary N) is 1. The maximum absolute atomic E-state index is 14.3. The Kier molecular flexibility index (Phi) is 6.25. The lowest BCUT2D eigenvalue weighted by atomic mass is 10.0. The smallest absolute Gasteiger partial charge is 0.254 e. The Morgan fingerprint density at radius 2 is 1.97 bits per heavy atom. The molecule has 2 aromatic rings. The number of nitrogens with two attached hydrogens (primary N) is 1. The van der Waals surface area contributed by atoms with Gasteiger partial charge in [0.2, 0.25) is 10.0 Å². The Morgan fingerprint density at radius 1 is 1.27 bits per heavy atom. The normalized spacial score (nSPS) is 19.6. The van der Waals surface area contributed by atoms with E-state index in [9.17, 15) is 22.0 Å². The second-order valence-corrected chi connectivity index (χ2v) is 10.6. The molecular weight excluding hydrogens is 531 g/mol. The Balaban J connectivity index is 1.98. The minimum Gasteiger partial charge on any atom is -0.485 e. The molecule has 1 unspecified atom stereocenters. The monoisotopic (exact) mass is 551 g/mol. The van der Waals surface area contributed by atoms with E-state index in [0.29, 0.717) is 9.99 Å². The third-order valence-electron chi connectivity index (χ3n) is 4.74. The van der Waals surface area contributed by atoms with Gasteiger partial charge >= 0.3 is 0 Å². The van der Waals surface area contributed by atoms with Gasteiger partial charge in [-0.15, -0.1) is 0 Å². The number of sulfonamides is 1. The van der Waals surface area contributed by atoms with Crippen molar-refractivity contribution in [3.05, 3.63) is 51.1 Å². The molecule has 1 atom stereocenters. The number of halogens is 3. The van der Waals surface area contributed by atoms with E-state index in [-0.39, 0.29) is 35.8 Å². The van der Waals surface area contributed by atoms with Crippen molar-refractivity contribution in [1.82, 2.24) is 4.31 Å². The van der Waals surface area contributed by atoms with Gasteiger partial charge in [0, 0.05) is 22.6 Å². The summed E-state index contributed by atoms with van der Waals surface area (Å²) >= 11 is 1.95. The number of benzene rings is 2. The molecule has 0 aromatic heterocycles. The summed E-state index contributed by atoms with van der Waals surface area (Å²) in [6.07, 6.45) is 1.43. The van der Waals surface area contributed by atoms with Crippen LogP contribution in [0.4, 0.5) is 20.2 Å². The van der Waals surface area contributed by atoms with Crippen molar-refractivity contribution in [2.75, 3.05) is 24.7 Å². The third-order valence-corrected chi connectivity index (χ3v) is 6.66. The van der Waals surface area contributed by atoms with E-state index in [1.807, 2.05) is 22.6 Å². The van der Waals surface area contributed by atoms with Gasteiger partial charge in [-0.1, -0.05) is 0 Å². The molecule has 3 N–H and O–H groups in total. The standard InChI is InChI=1S/C19H20F2IN3O4S/c1-19(5-6-25(10-19)30(2,27)28)29-16-8-11(20)7-15(17(16)18(23)26)24-14-4-3-12(22)9-13(14)21/h3-4,7-9,24H,5-6,10H2,1-2H3,(H2,23,26). The summed E-state index contributed by atoms with van der Waals surface area (Å²) in [6.45, 7) is 1.93. The van der Waals surface area contributed by atoms with E-state index in [1.54, 1.807) is 13.0 Å². The van der Waals surface area contributed by atoms with E-state index in [4.69, 9.17) is 10.5 Å². The molecule has 1 aliphatic heterocycles. The number of hydrogen-bond donors (Lipinski definition) is 2. The fraction of sp³-hybridized carbons (Fsp3) is 0.316. The van der Waals surface area contributed by atoms with Crippen LogP contribution in [0.5, 0.6) is 5.75 Å². The van der Waals surface area contributed by atoms with E-state index in [0.717, 1.165) is 18.4 Å². The van der Waals surface area contributed by atoms with Crippen molar-refractivity contribution in [3.63, 3.8) is 0 Å². The van der Waals surface area contributed by atoms with Gasteiger partial charge in [0.05, 0.1) is 24.2 Å². The van der Waals surface area contributed by atoms with Gasteiger partial charge in [-0.05, 0) is 53.8 Å². The molecule has 7 nitrogen and oxygen atoms in total. The van der Waals surface area contributed by atoms with Crippen LogP contribution in [-0.4, -0.2) is 43.6 Å². The molecule has 0 aliphatic carbocycles. The minimum atomic E-state index is -3.42. The number of nitrogens with zero attached hydrogens (tertiary/aromatic N) is 1. The number of anilines is 2. The van der Waals surface area contributed by atoms with Crippen LogP contribution in [0.15, 0.2) is 30.3 Å². The Morgan fingerprint density at radius 3 is 2.53 bits per heavy atom. The van der Waals surface area contributed by atoms with Crippen LogP contribution in [0.3, 0.4) is 0 Å². The molecule has 11 heteroatoms. The van der Waals surface area contributed by atoms with Crippen LogP contribution in [0, 0.1) is 15.2 Å². The van der Waals surface area contributed by atoms with Crippen LogP contribution in [0.2, 0.25) is 0 Å². The van der Waals surface area contributed by atoms with Crippen LogP contribution in [-0.2, 0) is 10.0 Å². The highest BCUT2D eigenvalue weighted by atomic mass is 127. The molecule has 0 bridgehead atoms. The molecule has 0 saturated carbocycles. The van der Waals surface area contributed by atoms with E-state index in [2.05, 4.69) is 5.32 Å². The quantitative estimate of drug-likeness (QED) is 0.538. The molecule has 1 saturated heterocycles. The Labute approximate surface area is 186 Å². The molecule has 30 heavy (non-hydrogen) atoms. The topological polar surface area (TPSA) is 102 Å². The second kappa shape index (κ2) is 8.27. The maximum Gasteiger partial charge on any atom is 0.254 e. The van der Waals surface area contributed by atoms with Gasteiger partial charge in [-0.2, -0.15) is 4.31 Å². The van der Waals surface area contributed by atoms with Crippen molar-refractivity contribution in [1.29, 1.82) is 0 Å². The zero-order chi connectivity index (χ0) is 22.3. The molecule has 1 aliphatic rings. The lowest BCUT2D eigenvalue weighted by Crippen LogP contribution is -2.38. The van der Waals surface area contributed by atoms with Crippen molar-refractivity contribution in [3.8, 4) is 5.75 Å². The predicted octanol–water partition coefficient (Wildman–Crippen LogP) is 3.21. The lowest BCUT2D eigenvalue weighted by molar-refractivity contribution is 0.0936. The summed E-state index contributed by atoms with van der Waals surface area (Å²) in [6, 6.07) is 6.40.